The molecule has 0 unspecified atom stereocenters. The van der Waals surface area contributed by atoms with Gasteiger partial charge in [-0.3, -0.25) is 14.4 Å². The van der Waals surface area contributed by atoms with Crippen molar-refractivity contribution >= 4 is 35.1 Å². The fraction of sp³-hybridized carbons (Fsp3) is 0.250. The molecule has 2 N–H and O–H groups in total. The lowest BCUT2D eigenvalue weighted by atomic mass is 10.1. The van der Waals surface area contributed by atoms with Gasteiger partial charge in [0.1, 0.15) is 0 Å². The summed E-state index contributed by atoms with van der Waals surface area (Å²) < 4.78 is 5.02. The number of ether oxygens (including phenoxy) is 1. The molecule has 0 aliphatic carbocycles. The highest BCUT2D eigenvalue weighted by Crippen LogP contribution is 2.17. The number of carbonyl (C=O) groups excluding carboxylic acids is 3. The van der Waals surface area contributed by atoms with E-state index in [0.29, 0.717) is 10.7 Å². The van der Waals surface area contributed by atoms with Crippen molar-refractivity contribution in [3.63, 3.8) is 0 Å². The van der Waals surface area contributed by atoms with E-state index in [1.54, 1.807) is 42.5 Å². The predicted molar refractivity (Wildman–Crippen MR) is 103 cm³/mol. The molecule has 2 aromatic rings. The van der Waals surface area contributed by atoms with Gasteiger partial charge in [-0.25, -0.2) is 0 Å². The number of rotatable bonds is 7. The third-order valence-corrected chi connectivity index (χ3v) is 3.95. The maximum absolute atomic E-state index is 12.0. The minimum Gasteiger partial charge on any atom is -0.455 e. The van der Waals surface area contributed by atoms with E-state index in [0.717, 1.165) is 11.1 Å². The highest BCUT2D eigenvalue weighted by Gasteiger charge is 2.12. The Hall–Kier alpha value is -2.86. The summed E-state index contributed by atoms with van der Waals surface area (Å²) in [5.41, 5.74) is 2.23. The first-order valence-electron chi connectivity index (χ1n) is 8.40. The molecule has 7 heteroatoms. The molecule has 0 aliphatic heterocycles. The van der Waals surface area contributed by atoms with Gasteiger partial charge >= 0.3 is 5.97 Å². The van der Waals surface area contributed by atoms with Crippen molar-refractivity contribution in [3.05, 3.63) is 64.7 Å². The van der Waals surface area contributed by atoms with Crippen LogP contribution in [0.1, 0.15) is 31.0 Å². The highest BCUT2D eigenvalue weighted by molar-refractivity contribution is 6.30. The van der Waals surface area contributed by atoms with Crippen LogP contribution in [0.2, 0.25) is 5.02 Å². The average Bonchev–Trinajstić information content (AvgIpc) is 2.61. The number of carbonyl (C=O) groups is 3. The standard InChI is InChI=1S/C20H21ClN2O4/c1-13(16-4-3-5-17(21)11-16)22-19(25)12-27-20(26)10-15-6-8-18(9-7-15)23-14(2)24/h3-9,11,13H,10,12H2,1-2H3,(H,22,25)(H,23,24)/t13-/m0/s1. The maximum Gasteiger partial charge on any atom is 0.310 e. The van der Waals surface area contributed by atoms with Crippen LogP contribution < -0.4 is 10.6 Å². The van der Waals surface area contributed by atoms with E-state index < -0.39 is 11.9 Å². The van der Waals surface area contributed by atoms with Gasteiger partial charge in [-0.15, -0.1) is 0 Å². The van der Waals surface area contributed by atoms with Gasteiger partial charge in [-0.2, -0.15) is 0 Å². The second-order valence-electron chi connectivity index (χ2n) is 6.06. The summed E-state index contributed by atoms with van der Waals surface area (Å²) in [6.07, 6.45) is 0.0392. The van der Waals surface area contributed by atoms with Crippen LogP contribution >= 0.6 is 11.6 Å². The molecule has 6 nitrogen and oxygen atoms in total. The van der Waals surface area contributed by atoms with Gasteiger partial charge in [0.15, 0.2) is 6.61 Å². The Morgan fingerprint density at radius 3 is 2.44 bits per heavy atom. The van der Waals surface area contributed by atoms with Crippen molar-refractivity contribution in [2.45, 2.75) is 26.3 Å². The quantitative estimate of drug-likeness (QED) is 0.713. The molecular weight excluding hydrogens is 368 g/mol. The number of amides is 2. The predicted octanol–water partition coefficient (Wildman–Crippen LogP) is 3.26. The Balaban J connectivity index is 1.77. The van der Waals surface area contributed by atoms with Crippen LogP contribution in [-0.4, -0.2) is 24.4 Å². The molecule has 0 spiro atoms. The lowest BCUT2D eigenvalue weighted by Crippen LogP contribution is -2.31. The molecule has 27 heavy (non-hydrogen) atoms. The number of nitrogens with one attached hydrogen (secondary N) is 2. The Bertz CT molecular complexity index is 821. The van der Waals surface area contributed by atoms with Gasteiger partial charge < -0.3 is 15.4 Å². The molecule has 0 aromatic heterocycles. The topological polar surface area (TPSA) is 84.5 Å². The molecular formula is C20H21ClN2O4. The minimum absolute atomic E-state index is 0.0392. The summed E-state index contributed by atoms with van der Waals surface area (Å²) >= 11 is 5.94. The van der Waals surface area contributed by atoms with E-state index >= 15 is 0 Å². The zero-order valence-electron chi connectivity index (χ0n) is 15.1. The molecule has 0 bridgehead atoms. The summed E-state index contributed by atoms with van der Waals surface area (Å²) in [4.78, 5) is 34.8. The van der Waals surface area contributed by atoms with Gasteiger partial charge in [0.25, 0.3) is 5.91 Å². The molecule has 0 radical (unpaired) electrons. The van der Waals surface area contributed by atoms with E-state index in [-0.39, 0.29) is 25.0 Å². The van der Waals surface area contributed by atoms with Gasteiger partial charge in [0.05, 0.1) is 12.5 Å². The maximum atomic E-state index is 12.0. The zero-order chi connectivity index (χ0) is 19.8. The minimum atomic E-state index is -0.507. The molecule has 2 rings (SSSR count). The molecule has 2 aromatic carbocycles. The fourth-order valence-corrected chi connectivity index (χ4v) is 2.61. The van der Waals surface area contributed by atoms with Crippen LogP contribution in [0.5, 0.6) is 0 Å². The van der Waals surface area contributed by atoms with Crippen molar-refractivity contribution in [3.8, 4) is 0 Å². The first kappa shape index (κ1) is 20.5. The Morgan fingerprint density at radius 2 is 1.81 bits per heavy atom. The molecule has 0 saturated carbocycles. The van der Waals surface area contributed by atoms with E-state index in [1.807, 2.05) is 13.0 Å². The van der Waals surface area contributed by atoms with Gasteiger partial charge in [-0.05, 0) is 42.3 Å². The highest BCUT2D eigenvalue weighted by atomic mass is 35.5. The zero-order valence-corrected chi connectivity index (χ0v) is 15.9. The summed E-state index contributed by atoms with van der Waals surface area (Å²) in [5, 5.41) is 5.98. The summed E-state index contributed by atoms with van der Waals surface area (Å²) in [6, 6.07) is 13.8. The van der Waals surface area contributed by atoms with Crippen molar-refractivity contribution in [2.75, 3.05) is 11.9 Å². The monoisotopic (exact) mass is 388 g/mol. The molecule has 0 fully saturated rings. The molecule has 2 amide bonds. The van der Waals surface area contributed by atoms with Crippen LogP contribution in [0.3, 0.4) is 0 Å². The molecule has 1 atom stereocenters. The second-order valence-corrected chi connectivity index (χ2v) is 6.50. The van der Waals surface area contributed by atoms with Crippen LogP contribution in [-0.2, 0) is 25.5 Å². The fourth-order valence-electron chi connectivity index (χ4n) is 2.42. The van der Waals surface area contributed by atoms with Crippen molar-refractivity contribution in [1.82, 2.24) is 5.32 Å². The Morgan fingerprint density at radius 1 is 1.11 bits per heavy atom. The number of anilines is 1. The first-order chi connectivity index (χ1) is 12.8. The summed E-state index contributed by atoms with van der Waals surface area (Å²) in [7, 11) is 0. The summed E-state index contributed by atoms with van der Waals surface area (Å²) in [6.45, 7) is 2.89. The molecule has 0 aliphatic rings. The smallest absolute Gasteiger partial charge is 0.310 e. The van der Waals surface area contributed by atoms with Crippen LogP contribution in [0, 0.1) is 0 Å². The SMILES string of the molecule is CC(=O)Nc1ccc(CC(=O)OCC(=O)N[C@@H](C)c2cccc(Cl)c2)cc1. The number of benzene rings is 2. The lowest BCUT2D eigenvalue weighted by Gasteiger charge is -2.14. The first-order valence-corrected chi connectivity index (χ1v) is 8.78. The van der Waals surface area contributed by atoms with Gasteiger partial charge in [0, 0.05) is 17.6 Å². The van der Waals surface area contributed by atoms with E-state index in [1.165, 1.54) is 6.92 Å². The van der Waals surface area contributed by atoms with Crippen molar-refractivity contribution in [1.29, 1.82) is 0 Å². The second kappa shape index (κ2) is 9.73. The molecule has 0 saturated heterocycles. The lowest BCUT2D eigenvalue weighted by molar-refractivity contribution is -0.148. The largest absolute Gasteiger partial charge is 0.455 e. The average molecular weight is 389 g/mol. The number of halogens is 1. The normalized spacial score (nSPS) is 11.4. The van der Waals surface area contributed by atoms with Gasteiger partial charge in [0.2, 0.25) is 5.91 Å². The number of hydrogen-bond donors (Lipinski definition) is 2. The van der Waals surface area contributed by atoms with Gasteiger partial charge in [-0.1, -0.05) is 35.9 Å². The van der Waals surface area contributed by atoms with Crippen molar-refractivity contribution in [2.24, 2.45) is 0 Å². The van der Waals surface area contributed by atoms with Crippen LogP contribution in [0.4, 0.5) is 5.69 Å². The third-order valence-electron chi connectivity index (χ3n) is 3.71. The molecule has 0 heterocycles. The van der Waals surface area contributed by atoms with Crippen molar-refractivity contribution < 1.29 is 19.1 Å². The van der Waals surface area contributed by atoms with Crippen LogP contribution in [0.25, 0.3) is 0 Å². The Labute approximate surface area is 162 Å². The van der Waals surface area contributed by atoms with E-state index in [9.17, 15) is 14.4 Å². The number of esters is 1. The van der Waals surface area contributed by atoms with E-state index in [4.69, 9.17) is 16.3 Å². The number of hydrogen-bond acceptors (Lipinski definition) is 4. The Kier molecular flexibility index (Phi) is 7.37. The van der Waals surface area contributed by atoms with E-state index in [2.05, 4.69) is 10.6 Å². The third kappa shape index (κ3) is 7.11. The summed E-state index contributed by atoms with van der Waals surface area (Å²) in [5.74, 6) is -1.06. The van der Waals surface area contributed by atoms with Crippen LogP contribution in [0.15, 0.2) is 48.5 Å². The molecule has 142 valence electrons.